The highest BCUT2D eigenvalue weighted by molar-refractivity contribution is 5.65. The molecule has 1 aromatic heterocycles. The highest BCUT2D eigenvalue weighted by Gasteiger charge is 2.53. The normalized spacial score (nSPS) is 35.0. The van der Waals surface area contributed by atoms with E-state index in [1.807, 2.05) is 0 Å². The molecule has 4 aliphatic rings. The van der Waals surface area contributed by atoms with Crippen LogP contribution in [0.15, 0.2) is 24.3 Å². The van der Waals surface area contributed by atoms with Gasteiger partial charge in [0.25, 0.3) is 0 Å². The fraction of sp³-hybridized carbons (Fsp3) is 0.600. The van der Waals surface area contributed by atoms with Gasteiger partial charge >= 0.3 is 0 Å². The molecule has 0 aliphatic heterocycles. The van der Waals surface area contributed by atoms with Gasteiger partial charge in [-0.15, -0.1) is 5.10 Å². The third kappa shape index (κ3) is 1.95. The van der Waals surface area contributed by atoms with Gasteiger partial charge < -0.3 is 0 Å². The molecule has 4 bridgehead atoms. The number of hydrogen-bond donors (Lipinski definition) is 0. The third-order valence-corrected chi connectivity index (χ3v) is 6.75. The first-order chi connectivity index (χ1) is 11.1. The van der Waals surface area contributed by atoms with Crippen molar-refractivity contribution in [3.05, 3.63) is 35.5 Å². The molecule has 4 fully saturated rings. The first-order valence-corrected chi connectivity index (χ1v) is 9.13. The molecule has 2 aromatic rings. The van der Waals surface area contributed by atoms with Gasteiger partial charge in [-0.2, -0.15) is 0 Å². The summed E-state index contributed by atoms with van der Waals surface area (Å²) in [5.74, 6) is 2.81. The van der Waals surface area contributed by atoms with Gasteiger partial charge in [0.1, 0.15) is 5.69 Å². The Morgan fingerprint density at radius 2 is 1.57 bits per heavy atom. The minimum atomic E-state index is 0.271. The summed E-state index contributed by atoms with van der Waals surface area (Å²) < 4.78 is 2.33. The number of hydrogen-bond acceptors (Lipinski definition) is 2. The van der Waals surface area contributed by atoms with Crippen molar-refractivity contribution in [2.75, 3.05) is 0 Å². The van der Waals surface area contributed by atoms with E-state index in [4.69, 9.17) is 0 Å². The summed E-state index contributed by atoms with van der Waals surface area (Å²) in [6.07, 6.45) is 8.40. The molecule has 0 radical (unpaired) electrons. The van der Waals surface area contributed by atoms with E-state index in [1.165, 1.54) is 55.3 Å². The Morgan fingerprint density at radius 3 is 2.17 bits per heavy atom. The average Bonchev–Trinajstić information content (AvgIpc) is 2.89. The zero-order chi connectivity index (χ0) is 15.6. The molecule has 0 atom stereocenters. The van der Waals surface area contributed by atoms with Gasteiger partial charge in [0.05, 0.1) is 11.2 Å². The standard InChI is InChI=1S/C20H25N3/c1-13-5-3-4-6-18(13)19-14(2)23(22-21-19)20-10-15-7-16(11-20)9-17(8-15)12-20/h3-6,15-17H,7-12H2,1-2H3. The van der Waals surface area contributed by atoms with Crippen LogP contribution in [0.5, 0.6) is 0 Å². The maximum absolute atomic E-state index is 4.69. The van der Waals surface area contributed by atoms with E-state index in [-0.39, 0.29) is 5.54 Å². The molecule has 4 saturated carbocycles. The van der Waals surface area contributed by atoms with E-state index in [0.29, 0.717) is 0 Å². The van der Waals surface area contributed by atoms with Crippen LogP contribution >= 0.6 is 0 Å². The lowest BCUT2D eigenvalue weighted by Gasteiger charge is -2.56. The van der Waals surface area contributed by atoms with Gasteiger partial charge in [0, 0.05) is 5.56 Å². The minimum absolute atomic E-state index is 0.271. The van der Waals surface area contributed by atoms with Crippen molar-refractivity contribution < 1.29 is 0 Å². The predicted molar refractivity (Wildman–Crippen MR) is 91.1 cm³/mol. The Balaban J connectivity index is 1.59. The number of aromatic nitrogens is 3. The molecule has 3 heteroatoms. The van der Waals surface area contributed by atoms with E-state index >= 15 is 0 Å². The summed E-state index contributed by atoms with van der Waals surface area (Å²) in [7, 11) is 0. The lowest BCUT2D eigenvalue weighted by atomic mass is 9.53. The average molecular weight is 307 g/mol. The lowest BCUT2D eigenvalue weighted by Crippen LogP contribution is -2.52. The maximum Gasteiger partial charge on any atom is 0.116 e. The molecule has 23 heavy (non-hydrogen) atoms. The second-order valence-electron chi connectivity index (χ2n) is 8.39. The zero-order valence-corrected chi connectivity index (χ0v) is 14.1. The molecule has 6 rings (SSSR count). The molecule has 4 aliphatic carbocycles. The molecule has 0 N–H and O–H groups in total. The number of nitrogens with zero attached hydrogens (tertiary/aromatic N) is 3. The summed E-state index contributed by atoms with van der Waals surface area (Å²) in [5, 5.41) is 9.31. The molecule has 120 valence electrons. The smallest absolute Gasteiger partial charge is 0.116 e. The highest BCUT2D eigenvalue weighted by Crippen LogP contribution is 2.59. The predicted octanol–water partition coefficient (Wildman–Crippen LogP) is 4.49. The van der Waals surface area contributed by atoms with Crippen molar-refractivity contribution in [3.63, 3.8) is 0 Å². The Labute approximate surface area is 138 Å². The largest absolute Gasteiger partial charge is 0.243 e. The Morgan fingerprint density at radius 1 is 0.957 bits per heavy atom. The number of benzene rings is 1. The van der Waals surface area contributed by atoms with Gasteiger partial charge in [-0.05, 0) is 75.7 Å². The van der Waals surface area contributed by atoms with Crippen LogP contribution in [0.3, 0.4) is 0 Å². The molecular weight excluding hydrogens is 282 g/mol. The van der Waals surface area contributed by atoms with E-state index in [9.17, 15) is 0 Å². The fourth-order valence-corrected chi connectivity index (χ4v) is 6.19. The topological polar surface area (TPSA) is 30.7 Å². The second-order valence-corrected chi connectivity index (χ2v) is 8.39. The maximum atomic E-state index is 4.69. The molecule has 3 nitrogen and oxygen atoms in total. The van der Waals surface area contributed by atoms with Crippen molar-refractivity contribution in [2.45, 2.75) is 57.9 Å². The monoisotopic (exact) mass is 307 g/mol. The van der Waals surface area contributed by atoms with E-state index in [2.05, 4.69) is 53.1 Å². The molecule has 0 amide bonds. The van der Waals surface area contributed by atoms with Crippen LogP contribution in [0.1, 0.15) is 49.8 Å². The van der Waals surface area contributed by atoms with Crippen LogP contribution in [0.25, 0.3) is 11.3 Å². The van der Waals surface area contributed by atoms with Crippen molar-refractivity contribution in [2.24, 2.45) is 17.8 Å². The molecule has 1 heterocycles. The Bertz CT molecular complexity index is 723. The van der Waals surface area contributed by atoms with Crippen LogP contribution in [0.4, 0.5) is 0 Å². The number of aryl methyl sites for hydroxylation is 1. The van der Waals surface area contributed by atoms with Gasteiger partial charge in [-0.3, -0.25) is 0 Å². The molecular formula is C20H25N3. The molecule has 0 unspecified atom stereocenters. The summed E-state index contributed by atoms with van der Waals surface area (Å²) in [6, 6.07) is 8.54. The lowest BCUT2D eigenvalue weighted by molar-refractivity contribution is -0.0511. The Hall–Kier alpha value is -1.64. The van der Waals surface area contributed by atoms with E-state index in [0.717, 1.165) is 23.4 Å². The summed E-state index contributed by atoms with van der Waals surface area (Å²) in [4.78, 5) is 0. The third-order valence-electron chi connectivity index (χ3n) is 6.75. The van der Waals surface area contributed by atoms with Crippen molar-refractivity contribution >= 4 is 0 Å². The van der Waals surface area contributed by atoms with Crippen LogP contribution in [0.2, 0.25) is 0 Å². The first kappa shape index (κ1) is 13.8. The molecule has 0 saturated heterocycles. The zero-order valence-electron chi connectivity index (χ0n) is 14.1. The minimum Gasteiger partial charge on any atom is -0.243 e. The van der Waals surface area contributed by atoms with E-state index < -0.39 is 0 Å². The van der Waals surface area contributed by atoms with Crippen molar-refractivity contribution in [1.29, 1.82) is 0 Å². The van der Waals surface area contributed by atoms with Crippen LogP contribution in [0, 0.1) is 31.6 Å². The van der Waals surface area contributed by atoms with Gasteiger partial charge in [0.2, 0.25) is 0 Å². The summed E-state index contributed by atoms with van der Waals surface area (Å²) in [6.45, 7) is 4.39. The first-order valence-electron chi connectivity index (χ1n) is 9.13. The number of rotatable bonds is 2. The van der Waals surface area contributed by atoms with Gasteiger partial charge in [0.15, 0.2) is 0 Å². The second kappa shape index (κ2) is 4.68. The van der Waals surface area contributed by atoms with E-state index in [1.54, 1.807) is 0 Å². The highest BCUT2D eigenvalue weighted by atomic mass is 15.5. The van der Waals surface area contributed by atoms with Crippen LogP contribution < -0.4 is 0 Å². The van der Waals surface area contributed by atoms with Crippen molar-refractivity contribution in [3.8, 4) is 11.3 Å². The summed E-state index contributed by atoms with van der Waals surface area (Å²) >= 11 is 0. The quantitative estimate of drug-likeness (QED) is 0.818. The van der Waals surface area contributed by atoms with Crippen LogP contribution in [-0.2, 0) is 5.54 Å². The summed E-state index contributed by atoms with van der Waals surface area (Å²) in [5.41, 5.74) is 5.14. The molecule has 0 spiro atoms. The fourth-order valence-electron chi connectivity index (χ4n) is 6.19. The van der Waals surface area contributed by atoms with Crippen LogP contribution in [-0.4, -0.2) is 15.0 Å². The Kier molecular flexibility index (Phi) is 2.80. The van der Waals surface area contributed by atoms with Gasteiger partial charge in [-0.25, -0.2) is 4.68 Å². The SMILES string of the molecule is Cc1ccccc1-c1nnn(C23CC4CC(CC(C4)C2)C3)c1C. The van der Waals surface area contributed by atoms with Gasteiger partial charge in [-0.1, -0.05) is 29.5 Å². The van der Waals surface area contributed by atoms with Crippen molar-refractivity contribution in [1.82, 2.24) is 15.0 Å². The molecule has 1 aromatic carbocycles.